The molecule has 0 unspecified atom stereocenters. The van der Waals surface area contributed by atoms with Gasteiger partial charge in [0.05, 0.1) is 14.2 Å². The molecule has 0 fully saturated rings. The van der Waals surface area contributed by atoms with E-state index in [0.717, 1.165) is 0 Å². The molecule has 0 atom stereocenters. The van der Waals surface area contributed by atoms with Crippen LogP contribution in [0.2, 0.25) is 0 Å². The number of carbonyl (C=O) groups excluding carboxylic acids is 1. The van der Waals surface area contributed by atoms with Gasteiger partial charge in [-0.2, -0.15) is 0 Å². The molecule has 4 heteroatoms. The topological polar surface area (TPSA) is 47.6 Å². The van der Waals surface area contributed by atoms with E-state index < -0.39 is 0 Å². The molecule has 0 aliphatic rings. The largest absolute Gasteiger partial charge is 0.494 e. The fourth-order valence-electron chi connectivity index (χ4n) is 1.24. The molecule has 0 radical (unpaired) electrons. The summed E-state index contributed by atoms with van der Waals surface area (Å²) in [5.41, 5.74) is 0.575. The Morgan fingerprint density at radius 1 is 1.19 bits per heavy atom. The predicted octanol–water partition coefficient (Wildman–Crippen LogP) is 2.30. The van der Waals surface area contributed by atoms with Crippen molar-refractivity contribution in [1.82, 2.24) is 0 Å². The molecule has 16 heavy (non-hydrogen) atoms. The Morgan fingerprint density at radius 3 is 2.06 bits per heavy atom. The lowest BCUT2D eigenvalue weighted by Gasteiger charge is -2.14. The highest BCUT2D eigenvalue weighted by atomic mass is 16.5. The second-order valence-electron chi connectivity index (χ2n) is 3.68. The SMILES string of the molecule is COc1cccc(OC)c1NC(=O)C(C)C. The average molecular weight is 223 g/mol. The van der Waals surface area contributed by atoms with Crippen LogP contribution in [0.3, 0.4) is 0 Å². The van der Waals surface area contributed by atoms with Crippen LogP contribution in [0.4, 0.5) is 5.69 Å². The Balaban J connectivity index is 3.04. The Kier molecular flexibility index (Phi) is 4.17. The molecule has 0 aromatic heterocycles. The van der Waals surface area contributed by atoms with Gasteiger partial charge in [-0.1, -0.05) is 19.9 Å². The Hall–Kier alpha value is -1.71. The first-order valence-corrected chi connectivity index (χ1v) is 5.12. The van der Waals surface area contributed by atoms with E-state index in [1.54, 1.807) is 26.4 Å². The highest BCUT2D eigenvalue weighted by molar-refractivity contribution is 5.95. The molecule has 0 bridgehead atoms. The minimum atomic E-state index is -0.0883. The zero-order valence-corrected chi connectivity index (χ0v) is 10.0. The summed E-state index contributed by atoms with van der Waals surface area (Å²) in [5.74, 6) is 1.03. The van der Waals surface area contributed by atoms with E-state index in [4.69, 9.17) is 9.47 Å². The fraction of sp³-hybridized carbons (Fsp3) is 0.417. The van der Waals surface area contributed by atoms with Gasteiger partial charge in [0.1, 0.15) is 17.2 Å². The number of benzene rings is 1. The number of nitrogens with one attached hydrogen (secondary N) is 1. The van der Waals surface area contributed by atoms with Crippen LogP contribution in [0.25, 0.3) is 0 Å². The van der Waals surface area contributed by atoms with Crippen molar-refractivity contribution in [2.75, 3.05) is 19.5 Å². The van der Waals surface area contributed by atoms with Crippen LogP contribution in [0.15, 0.2) is 18.2 Å². The van der Waals surface area contributed by atoms with Crippen LogP contribution >= 0.6 is 0 Å². The van der Waals surface area contributed by atoms with E-state index in [9.17, 15) is 4.79 Å². The molecule has 1 N–H and O–H groups in total. The second kappa shape index (κ2) is 5.39. The van der Waals surface area contributed by atoms with E-state index in [1.807, 2.05) is 19.9 Å². The maximum absolute atomic E-state index is 11.6. The van der Waals surface area contributed by atoms with Gasteiger partial charge >= 0.3 is 0 Å². The second-order valence-corrected chi connectivity index (χ2v) is 3.68. The molecule has 0 saturated carbocycles. The van der Waals surface area contributed by atoms with Crippen molar-refractivity contribution < 1.29 is 14.3 Å². The van der Waals surface area contributed by atoms with Crippen molar-refractivity contribution >= 4 is 11.6 Å². The molecule has 1 amide bonds. The van der Waals surface area contributed by atoms with Gasteiger partial charge in [0.25, 0.3) is 0 Å². The Labute approximate surface area is 95.6 Å². The lowest BCUT2D eigenvalue weighted by molar-refractivity contribution is -0.118. The number of hydrogen-bond acceptors (Lipinski definition) is 3. The number of methoxy groups -OCH3 is 2. The molecule has 1 aromatic carbocycles. The maximum atomic E-state index is 11.6. The first-order valence-electron chi connectivity index (χ1n) is 5.12. The van der Waals surface area contributed by atoms with E-state index in [-0.39, 0.29) is 11.8 Å². The first kappa shape index (κ1) is 12.4. The number of para-hydroxylation sites is 1. The molecule has 1 rings (SSSR count). The lowest BCUT2D eigenvalue weighted by atomic mass is 10.2. The number of anilines is 1. The number of rotatable bonds is 4. The molecule has 0 spiro atoms. The molecule has 0 heterocycles. The number of ether oxygens (including phenoxy) is 2. The predicted molar refractivity (Wildman–Crippen MR) is 63.0 cm³/mol. The van der Waals surface area contributed by atoms with Crippen LogP contribution in [0.5, 0.6) is 11.5 Å². The summed E-state index contributed by atoms with van der Waals surface area (Å²) in [4.78, 5) is 11.6. The molecule has 0 aliphatic carbocycles. The molecular weight excluding hydrogens is 206 g/mol. The summed E-state index contributed by atoms with van der Waals surface area (Å²) in [6.07, 6.45) is 0. The van der Waals surface area contributed by atoms with E-state index in [2.05, 4.69) is 5.32 Å². The molecule has 1 aromatic rings. The van der Waals surface area contributed by atoms with Crippen molar-refractivity contribution in [3.05, 3.63) is 18.2 Å². The van der Waals surface area contributed by atoms with Gasteiger partial charge in [-0.3, -0.25) is 4.79 Å². The third-order valence-corrected chi connectivity index (χ3v) is 2.20. The standard InChI is InChI=1S/C12H17NO3/c1-8(2)12(14)13-11-9(15-3)6-5-7-10(11)16-4/h5-8H,1-4H3,(H,13,14). The van der Waals surface area contributed by atoms with Gasteiger partial charge in [-0.15, -0.1) is 0 Å². The third kappa shape index (κ3) is 2.66. The summed E-state index contributed by atoms with van der Waals surface area (Å²) in [5, 5.41) is 2.79. The first-order chi connectivity index (χ1) is 7.60. The van der Waals surface area contributed by atoms with Crippen molar-refractivity contribution in [2.45, 2.75) is 13.8 Å². The van der Waals surface area contributed by atoms with E-state index in [1.165, 1.54) is 0 Å². The van der Waals surface area contributed by atoms with Crippen LogP contribution < -0.4 is 14.8 Å². The van der Waals surface area contributed by atoms with Gasteiger partial charge < -0.3 is 14.8 Å². The summed E-state index contributed by atoms with van der Waals surface area (Å²) in [6, 6.07) is 5.36. The Bertz CT molecular complexity index is 352. The quantitative estimate of drug-likeness (QED) is 0.852. The number of hydrogen-bond donors (Lipinski definition) is 1. The highest BCUT2D eigenvalue weighted by Crippen LogP contribution is 2.34. The van der Waals surface area contributed by atoms with Crippen molar-refractivity contribution in [3.63, 3.8) is 0 Å². The van der Waals surface area contributed by atoms with Crippen molar-refractivity contribution in [2.24, 2.45) is 5.92 Å². The number of carbonyl (C=O) groups is 1. The summed E-state index contributed by atoms with van der Waals surface area (Å²) in [6.45, 7) is 3.66. The zero-order valence-electron chi connectivity index (χ0n) is 10.0. The van der Waals surface area contributed by atoms with Crippen LogP contribution in [0, 0.1) is 5.92 Å². The lowest BCUT2D eigenvalue weighted by Crippen LogP contribution is -2.18. The summed E-state index contributed by atoms with van der Waals surface area (Å²) in [7, 11) is 3.11. The van der Waals surface area contributed by atoms with Crippen LogP contribution in [0.1, 0.15) is 13.8 Å². The van der Waals surface area contributed by atoms with E-state index >= 15 is 0 Å². The average Bonchev–Trinajstić information content (AvgIpc) is 2.29. The molecule has 4 nitrogen and oxygen atoms in total. The normalized spacial score (nSPS) is 10.1. The smallest absolute Gasteiger partial charge is 0.227 e. The van der Waals surface area contributed by atoms with Gasteiger partial charge in [0, 0.05) is 5.92 Å². The molecular formula is C12H17NO3. The minimum Gasteiger partial charge on any atom is -0.494 e. The van der Waals surface area contributed by atoms with Gasteiger partial charge in [0.15, 0.2) is 0 Å². The van der Waals surface area contributed by atoms with Crippen molar-refractivity contribution in [1.29, 1.82) is 0 Å². The Morgan fingerprint density at radius 2 is 1.69 bits per heavy atom. The monoisotopic (exact) mass is 223 g/mol. The molecule has 0 aliphatic heterocycles. The van der Waals surface area contributed by atoms with Gasteiger partial charge in [-0.25, -0.2) is 0 Å². The number of amides is 1. The molecule has 88 valence electrons. The van der Waals surface area contributed by atoms with Crippen LogP contribution in [-0.4, -0.2) is 20.1 Å². The maximum Gasteiger partial charge on any atom is 0.227 e. The summed E-state index contributed by atoms with van der Waals surface area (Å²) >= 11 is 0. The van der Waals surface area contributed by atoms with Crippen molar-refractivity contribution in [3.8, 4) is 11.5 Å². The third-order valence-electron chi connectivity index (χ3n) is 2.20. The highest BCUT2D eigenvalue weighted by Gasteiger charge is 2.14. The van der Waals surface area contributed by atoms with Crippen LogP contribution in [-0.2, 0) is 4.79 Å². The fourth-order valence-corrected chi connectivity index (χ4v) is 1.24. The summed E-state index contributed by atoms with van der Waals surface area (Å²) < 4.78 is 10.3. The zero-order chi connectivity index (χ0) is 12.1. The van der Waals surface area contributed by atoms with Gasteiger partial charge in [-0.05, 0) is 12.1 Å². The van der Waals surface area contributed by atoms with E-state index in [0.29, 0.717) is 17.2 Å². The van der Waals surface area contributed by atoms with Gasteiger partial charge in [0.2, 0.25) is 5.91 Å². The minimum absolute atomic E-state index is 0.0669. The molecule has 0 saturated heterocycles.